The molecule has 4 heteroatoms. The van der Waals surface area contributed by atoms with Crippen molar-refractivity contribution >= 4 is 0 Å². The molecule has 0 amide bonds. The minimum absolute atomic E-state index is 0.689. The van der Waals surface area contributed by atoms with Crippen LogP contribution in [0.15, 0.2) is 6.20 Å². The second-order valence-corrected chi connectivity index (χ2v) is 4.62. The standard InChI is InChI=1S/C11H22N4/c1-9(2)5-12-6-10-7-13-11(14-10)8-15(3)4/h7,9,12H,5-6,8H2,1-4H3,(H,13,14). The quantitative estimate of drug-likeness (QED) is 0.742. The first-order chi connectivity index (χ1) is 7.08. The molecule has 0 saturated heterocycles. The van der Waals surface area contributed by atoms with E-state index in [4.69, 9.17) is 0 Å². The number of nitrogens with zero attached hydrogens (tertiary/aromatic N) is 2. The summed E-state index contributed by atoms with van der Waals surface area (Å²) in [7, 11) is 4.08. The molecule has 4 nitrogen and oxygen atoms in total. The summed E-state index contributed by atoms with van der Waals surface area (Å²) >= 11 is 0. The van der Waals surface area contributed by atoms with E-state index in [1.54, 1.807) is 0 Å². The number of nitrogens with one attached hydrogen (secondary N) is 2. The number of aromatic nitrogens is 2. The molecule has 1 aromatic rings. The van der Waals surface area contributed by atoms with Gasteiger partial charge in [0.05, 0.1) is 6.54 Å². The van der Waals surface area contributed by atoms with E-state index in [1.807, 2.05) is 20.3 Å². The van der Waals surface area contributed by atoms with E-state index < -0.39 is 0 Å². The lowest BCUT2D eigenvalue weighted by molar-refractivity contribution is 0.391. The molecule has 0 fully saturated rings. The fourth-order valence-corrected chi connectivity index (χ4v) is 1.37. The lowest BCUT2D eigenvalue weighted by atomic mass is 10.2. The van der Waals surface area contributed by atoms with Gasteiger partial charge in [0.2, 0.25) is 0 Å². The van der Waals surface area contributed by atoms with Crippen LogP contribution in [0.4, 0.5) is 0 Å². The lowest BCUT2D eigenvalue weighted by Gasteiger charge is -2.06. The van der Waals surface area contributed by atoms with Gasteiger partial charge in [0, 0.05) is 18.4 Å². The second-order valence-electron chi connectivity index (χ2n) is 4.62. The van der Waals surface area contributed by atoms with Crippen LogP contribution in [0.1, 0.15) is 25.4 Å². The van der Waals surface area contributed by atoms with Crippen molar-refractivity contribution < 1.29 is 0 Å². The third-order valence-corrected chi connectivity index (χ3v) is 2.02. The molecule has 15 heavy (non-hydrogen) atoms. The monoisotopic (exact) mass is 210 g/mol. The van der Waals surface area contributed by atoms with Gasteiger partial charge >= 0.3 is 0 Å². The molecule has 0 radical (unpaired) electrons. The molecule has 0 atom stereocenters. The number of rotatable bonds is 6. The van der Waals surface area contributed by atoms with Gasteiger partial charge in [-0.2, -0.15) is 0 Å². The maximum Gasteiger partial charge on any atom is 0.120 e. The average molecular weight is 210 g/mol. The number of H-pyrrole nitrogens is 1. The van der Waals surface area contributed by atoms with Gasteiger partial charge in [0.1, 0.15) is 5.82 Å². The molecule has 1 aromatic heterocycles. The van der Waals surface area contributed by atoms with Crippen LogP contribution >= 0.6 is 0 Å². The molecule has 0 aliphatic carbocycles. The van der Waals surface area contributed by atoms with Crippen molar-refractivity contribution in [1.82, 2.24) is 20.2 Å². The lowest BCUT2D eigenvalue weighted by Crippen LogP contribution is -2.19. The Morgan fingerprint density at radius 1 is 1.47 bits per heavy atom. The topological polar surface area (TPSA) is 44.0 Å². The molecule has 0 aliphatic heterocycles. The SMILES string of the molecule is CC(C)CNCc1cnc(CN(C)C)[nH]1. The Morgan fingerprint density at radius 2 is 2.20 bits per heavy atom. The third-order valence-electron chi connectivity index (χ3n) is 2.02. The summed E-state index contributed by atoms with van der Waals surface area (Å²) in [5.74, 6) is 1.72. The second kappa shape index (κ2) is 5.88. The first-order valence-corrected chi connectivity index (χ1v) is 5.46. The average Bonchev–Trinajstić information content (AvgIpc) is 2.50. The predicted molar refractivity (Wildman–Crippen MR) is 62.5 cm³/mol. The smallest absolute Gasteiger partial charge is 0.120 e. The summed E-state index contributed by atoms with van der Waals surface area (Å²) in [6, 6.07) is 0. The predicted octanol–water partition coefficient (Wildman–Crippen LogP) is 1.22. The van der Waals surface area contributed by atoms with Crippen molar-refractivity contribution in [3.63, 3.8) is 0 Å². The minimum atomic E-state index is 0.689. The van der Waals surface area contributed by atoms with E-state index in [2.05, 4.69) is 34.0 Å². The van der Waals surface area contributed by atoms with E-state index >= 15 is 0 Å². The third kappa shape index (κ3) is 4.95. The highest BCUT2D eigenvalue weighted by Gasteiger charge is 2.01. The maximum atomic E-state index is 4.32. The van der Waals surface area contributed by atoms with Crippen molar-refractivity contribution in [2.75, 3.05) is 20.6 Å². The van der Waals surface area contributed by atoms with E-state index in [1.165, 1.54) is 0 Å². The summed E-state index contributed by atoms with van der Waals surface area (Å²) in [6.07, 6.45) is 1.91. The molecule has 0 aromatic carbocycles. The zero-order valence-corrected chi connectivity index (χ0v) is 10.2. The summed E-state index contributed by atoms with van der Waals surface area (Å²) in [5, 5.41) is 3.38. The molecular formula is C11H22N4. The van der Waals surface area contributed by atoms with Crippen LogP contribution in [0.3, 0.4) is 0 Å². The van der Waals surface area contributed by atoms with Crippen LogP contribution in [0, 0.1) is 5.92 Å². The van der Waals surface area contributed by atoms with Crippen molar-refractivity contribution in [2.45, 2.75) is 26.9 Å². The molecule has 2 N–H and O–H groups in total. The van der Waals surface area contributed by atoms with E-state index in [0.717, 1.165) is 31.2 Å². The Bertz CT molecular complexity index is 278. The van der Waals surface area contributed by atoms with E-state index in [-0.39, 0.29) is 0 Å². The highest BCUT2D eigenvalue weighted by Crippen LogP contribution is 1.99. The Hall–Kier alpha value is -0.870. The highest BCUT2D eigenvalue weighted by molar-refractivity contribution is 5.00. The van der Waals surface area contributed by atoms with Crippen molar-refractivity contribution in [3.8, 4) is 0 Å². The molecule has 0 saturated carbocycles. The van der Waals surface area contributed by atoms with Gasteiger partial charge in [-0.25, -0.2) is 4.98 Å². The Balaban J connectivity index is 2.33. The normalized spacial score (nSPS) is 11.6. The van der Waals surface area contributed by atoms with Crippen LogP contribution < -0.4 is 5.32 Å². The Morgan fingerprint density at radius 3 is 2.80 bits per heavy atom. The molecule has 0 aliphatic rings. The summed E-state index contributed by atoms with van der Waals surface area (Å²) in [5.41, 5.74) is 1.16. The van der Waals surface area contributed by atoms with Gasteiger partial charge < -0.3 is 15.2 Å². The van der Waals surface area contributed by atoms with Crippen molar-refractivity contribution in [2.24, 2.45) is 5.92 Å². The minimum Gasteiger partial charge on any atom is -0.344 e. The van der Waals surface area contributed by atoms with Crippen molar-refractivity contribution in [1.29, 1.82) is 0 Å². The zero-order chi connectivity index (χ0) is 11.3. The molecule has 0 spiro atoms. The van der Waals surface area contributed by atoms with Crippen LogP contribution in [-0.2, 0) is 13.1 Å². The molecule has 86 valence electrons. The van der Waals surface area contributed by atoms with Gasteiger partial charge in [0.25, 0.3) is 0 Å². The van der Waals surface area contributed by atoms with Crippen LogP contribution in [0.5, 0.6) is 0 Å². The van der Waals surface area contributed by atoms with Crippen LogP contribution in [0.25, 0.3) is 0 Å². The first-order valence-electron chi connectivity index (χ1n) is 5.46. The zero-order valence-electron chi connectivity index (χ0n) is 10.2. The van der Waals surface area contributed by atoms with Gasteiger partial charge in [-0.1, -0.05) is 13.8 Å². The first kappa shape index (κ1) is 12.2. The van der Waals surface area contributed by atoms with Gasteiger partial charge in [-0.05, 0) is 26.6 Å². The molecule has 0 bridgehead atoms. The van der Waals surface area contributed by atoms with E-state index in [0.29, 0.717) is 5.92 Å². The maximum absolute atomic E-state index is 4.32. The molecule has 1 heterocycles. The van der Waals surface area contributed by atoms with E-state index in [9.17, 15) is 0 Å². The molecular weight excluding hydrogens is 188 g/mol. The number of aromatic amines is 1. The largest absolute Gasteiger partial charge is 0.344 e. The number of hydrogen-bond acceptors (Lipinski definition) is 3. The summed E-state index contributed by atoms with van der Waals surface area (Å²) < 4.78 is 0. The fourth-order valence-electron chi connectivity index (χ4n) is 1.37. The summed E-state index contributed by atoms with van der Waals surface area (Å²) in [4.78, 5) is 9.72. The van der Waals surface area contributed by atoms with Crippen molar-refractivity contribution in [3.05, 3.63) is 17.7 Å². The fraction of sp³-hybridized carbons (Fsp3) is 0.727. The Labute approximate surface area is 92.1 Å². The van der Waals surface area contributed by atoms with Crippen LogP contribution in [-0.4, -0.2) is 35.5 Å². The summed E-state index contributed by atoms with van der Waals surface area (Å²) in [6.45, 7) is 7.19. The van der Waals surface area contributed by atoms with Gasteiger partial charge in [-0.3, -0.25) is 0 Å². The van der Waals surface area contributed by atoms with Crippen LogP contribution in [0.2, 0.25) is 0 Å². The van der Waals surface area contributed by atoms with Gasteiger partial charge in [0.15, 0.2) is 0 Å². The molecule has 1 rings (SSSR count). The molecule has 0 unspecified atom stereocenters. The number of imidazole rings is 1. The highest BCUT2D eigenvalue weighted by atomic mass is 15.1. The Kier molecular flexibility index (Phi) is 4.78. The van der Waals surface area contributed by atoms with Gasteiger partial charge in [-0.15, -0.1) is 0 Å². The number of hydrogen-bond donors (Lipinski definition) is 2.